The van der Waals surface area contributed by atoms with Crippen LogP contribution in [0.2, 0.25) is 5.02 Å². The first-order valence-corrected chi connectivity index (χ1v) is 3.21. The smallest absolute Gasteiger partial charge is 0.146 e. The van der Waals surface area contributed by atoms with E-state index in [4.69, 9.17) is 17.3 Å². The third kappa shape index (κ3) is 1.07. The normalized spacial score (nSPS) is 9.90. The number of hydrogen-bond acceptors (Lipinski definition) is 1. The molecule has 0 amide bonds. The van der Waals surface area contributed by atoms with E-state index in [1.54, 1.807) is 6.92 Å². The zero-order valence-electron chi connectivity index (χ0n) is 5.49. The van der Waals surface area contributed by atoms with Crippen molar-refractivity contribution >= 4 is 17.3 Å². The molecule has 0 radical (unpaired) electrons. The third-order valence-electron chi connectivity index (χ3n) is 1.40. The summed E-state index contributed by atoms with van der Waals surface area (Å²) in [5, 5.41) is 0.499. The van der Waals surface area contributed by atoms with Gasteiger partial charge < -0.3 is 5.73 Å². The molecule has 0 atom stereocenters. The number of halogens is 2. The van der Waals surface area contributed by atoms with E-state index in [9.17, 15) is 4.39 Å². The number of anilines is 1. The summed E-state index contributed by atoms with van der Waals surface area (Å²) in [5.74, 6) is -0.415. The van der Waals surface area contributed by atoms with Crippen molar-refractivity contribution < 1.29 is 4.39 Å². The van der Waals surface area contributed by atoms with Crippen LogP contribution in [0.1, 0.15) is 5.56 Å². The Kier molecular flexibility index (Phi) is 1.81. The molecule has 0 spiro atoms. The topological polar surface area (TPSA) is 26.0 Å². The van der Waals surface area contributed by atoms with Crippen molar-refractivity contribution in [1.29, 1.82) is 0 Å². The SMILES string of the molecule is Cc1c(Cl)ccc(F)c1N. The summed E-state index contributed by atoms with van der Waals surface area (Å²) in [6, 6.07) is 2.74. The summed E-state index contributed by atoms with van der Waals surface area (Å²) < 4.78 is 12.6. The minimum Gasteiger partial charge on any atom is -0.396 e. The highest BCUT2D eigenvalue weighted by Crippen LogP contribution is 2.22. The van der Waals surface area contributed by atoms with E-state index in [2.05, 4.69) is 0 Å². The summed E-state index contributed by atoms with van der Waals surface area (Å²) in [6.45, 7) is 1.68. The number of benzene rings is 1. The van der Waals surface area contributed by atoms with E-state index in [-0.39, 0.29) is 5.69 Å². The maximum atomic E-state index is 12.6. The molecular weight excluding hydrogens is 153 g/mol. The highest BCUT2D eigenvalue weighted by Gasteiger charge is 2.03. The van der Waals surface area contributed by atoms with Gasteiger partial charge in [0.25, 0.3) is 0 Å². The Hall–Kier alpha value is -0.760. The zero-order chi connectivity index (χ0) is 7.72. The van der Waals surface area contributed by atoms with Gasteiger partial charge in [-0.1, -0.05) is 11.6 Å². The van der Waals surface area contributed by atoms with Gasteiger partial charge in [-0.2, -0.15) is 0 Å². The van der Waals surface area contributed by atoms with Crippen LogP contribution < -0.4 is 5.73 Å². The van der Waals surface area contributed by atoms with E-state index < -0.39 is 5.82 Å². The average molecular weight is 160 g/mol. The maximum absolute atomic E-state index is 12.6. The summed E-state index contributed by atoms with van der Waals surface area (Å²) >= 11 is 5.64. The Balaban J connectivity index is 3.34. The van der Waals surface area contributed by atoms with Crippen LogP contribution in [0.15, 0.2) is 12.1 Å². The van der Waals surface area contributed by atoms with Crippen molar-refractivity contribution in [2.24, 2.45) is 0 Å². The molecule has 1 aromatic carbocycles. The Morgan fingerprint density at radius 2 is 2.10 bits per heavy atom. The van der Waals surface area contributed by atoms with Crippen molar-refractivity contribution in [3.63, 3.8) is 0 Å². The standard InChI is InChI=1S/C7H7ClFN/c1-4-5(8)2-3-6(9)7(4)10/h2-3H,10H2,1H3. The molecule has 0 saturated carbocycles. The van der Waals surface area contributed by atoms with Crippen LogP contribution in [0, 0.1) is 12.7 Å². The summed E-state index contributed by atoms with van der Waals surface area (Å²) in [4.78, 5) is 0. The third-order valence-corrected chi connectivity index (χ3v) is 1.81. The van der Waals surface area contributed by atoms with Crippen molar-refractivity contribution in [1.82, 2.24) is 0 Å². The predicted molar refractivity (Wildman–Crippen MR) is 40.6 cm³/mol. The lowest BCUT2D eigenvalue weighted by Crippen LogP contribution is -1.93. The Morgan fingerprint density at radius 1 is 1.50 bits per heavy atom. The van der Waals surface area contributed by atoms with Gasteiger partial charge in [0.1, 0.15) is 5.82 Å². The van der Waals surface area contributed by atoms with Crippen LogP contribution in [0.3, 0.4) is 0 Å². The van der Waals surface area contributed by atoms with Gasteiger partial charge in [0, 0.05) is 5.02 Å². The fraction of sp³-hybridized carbons (Fsp3) is 0.143. The molecule has 0 aliphatic carbocycles. The molecule has 0 saturated heterocycles. The first-order valence-electron chi connectivity index (χ1n) is 2.83. The van der Waals surface area contributed by atoms with Crippen LogP contribution in [0.25, 0.3) is 0 Å². The second-order valence-corrected chi connectivity index (χ2v) is 2.48. The van der Waals surface area contributed by atoms with E-state index in [0.717, 1.165) is 0 Å². The minimum absolute atomic E-state index is 0.132. The molecular formula is C7H7ClFN. The molecule has 1 aromatic rings. The molecule has 0 aliphatic rings. The van der Waals surface area contributed by atoms with Crippen LogP contribution in [0.5, 0.6) is 0 Å². The van der Waals surface area contributed by atoms with Gasteiger partial charge in [-0.25, -0.2) is 4.39 Å². The van der Waals surface area contributed by atoms with Gasteiger partial charge in [-0.3, -0.25) is 0 Å². The molecule has 2 N–H and O–H groups in total. The molecule has 0 bridgehead atoms. The van der Waals surface area contributed by atoms with E-state index in [1.165, 1.54) is 12.1 Å². The number of nitrogen functional groups attached to an aromatic ring is 1. The molecule has 0 aliphatic heterocycles. The van der Waals surface area contributed by atoms with Crippen molar-refractivity contribution in [3.05, 3.63) is 28.5 Å². The van der Waals surface area contributed by atoms with Gasteiger partial charge in [0.2, 0.25) is 0 Å². The van der Waals surface area contributed by atoms with E-state index >= 15 is 0 Å². The molecule has 0 fully saturated rings. The Labute approximate surface area is 63.6 Å². The first-order chi connectivity index (χ1) is 4.63. The fourth-order valence-electron chi connectivity index (χ4n) is 0.669. The number of rotatable bonds is 0. The monoisotopic (exact) mass is 159 g/mol. The van der Waals surface area contributed by atoms with E-state index in [1.807, 2.05) is 0 Å². The molecule has 0 aromatic heterocycles. The lowest BCUT2D eigenvalue weighted by Gasteiger charge is -2.01. The molecule has 10 heavy (non-hydrogen) atoms. The second-order valence-electron chi connectivity index (χ2n) is 2.07. The minimum atomic E-state index is -0.415. The molecule has 3 heteroatoms. The second kappa shape index (κ2) is 2.46. The maximum Gasteiger partial charge on any atom is 0.146 e. The van der Waals surface area contributed by atoms with Crippen LogP contribution in [-0.4, -0.2) is 0 Å². The molecule has 0 unspecified atom stereocenters. The van der Waals surface area contributed by atoms with Gasteiger partial charge in [0.05, 0.1) is 5.69 Å². The number of hydrogen-bond donors (Lipinski definition) is 1. The quantitative estimate of drug-likeness (QED) is 0.578. The fourth-order valence-corrected chi connectivity index (χ4v) is 0.834. The van der Waals surface area contributed by atoms with Crippen LogP contribution in [-0.2, 0) is 0 Å². The Bertz CT molecular complexity index is 233. The molecule has 1 nitrogen and oxygen atoms in total. The summed E-state index contributed by atoms with van der Waals surface area (Å²) in [5.41, 5.74) is 6.05. The van der Waals surface area contributed by atoms with Crippen molar-refractivity contribution in [3.8, 4) is 0 Å². The van der Waals surface area contributed by atoms with Crippen molar-refractivity contribution in [2.45, 2.75) is 6.92 Å². The van der Waals surface area contributed by atoms with Crippen LogP contribution in [0.4, 0.5) is 10.1 Å². The summed E-state index contributed by atoms with van der Waals surface area (Å²) in [7, 11) is 0. The highest BCUT2D eigenvalue weighted by molar-refractivity contribution is 6.31. The lowest BCUT2D eigenvalue weighted by molar-refractivity contribution is 0.631. The van der Waals surface area contributed by atoms with E-state index in [0.29, 0.717) is 10.6 Å². The largest absolute Gasteiger partial charge is 0.396 e. The highest BCUT2D eigenvalue weighted by atomic mass is 35.5. The number of nitrogens with two attached hydrogens (primary N) is 1. The first kappa shape index (κ1) is 7.35. The zero-order valence-corrected chi connectivity index (χ0v) is 6.24. The van der Waals surface area contributed by atoms with Gasteiger partial charge in [-0.15, -0.1) is 0 Å². The molecule has 0 heterocycles. The lowest BCUT2D eigenvalue weighted by atomic mass is 10.2. The average Bonchev–Trinajstić information content (AvgIpc) is 1.93. The van der Waals surface area contributed by atoms with Gasteiger partial charge in [0.15, 0.2) is 0 Å². The van der Waals surface area contributed by atoms with Crippen LogP contribution >= 0.6 is 11.6 Å². The summed E-state index contributed by atoms with van der Waals surface area (Å²) in [6.07, 6.45) is 0. The van der Waals surface area contributed by atoms with Gasteiger partial charge >= 0.3 is 0 Å². The van der Waals surface area contributed by atoms with Gasteiger partial charge in [-0.05, 0) is 24.6 Å². The predicted octanol–water partition coefficient (Wildman–Crippen LogP) is 2.37. The van der Waals surface area contributed by atoms with Crippen molar-refractivity contribution in [2.75, 3.05) is 5.73 Å². The molecule has 1 rings (SSSR count). The molecule has 54 valence electrons. The Morgan fingerprint density at radius 3 is 2.60 bits per heavy atom.